The number of hydrogen-bond donors (Lipinski definition) is 0. The monoisotopic (exact) mass is 346 g/mol. The zero-order valence-corrected chi connectivity index (χ0v) is 15.5. The predicted octanol–water partition coefficient (Wildman–Crippen LogP) is 7.72. The van der Waals surface area contributed by atoms with Crippen molar-refractivity contribution in [3.05, 3.63) is 115 Å². The molecule has 4 rings (SSSR count). The first-order valence-electron chi connectivity index (χ1n) is 9.23. The Bertz CT molecular complexity index is 1090. The first-order valence-corrected chi connectivity index (χ1v) is 9.23. The SMILES string of the molecule is C=C(C)c1cccc(-c2ccccc2-c2cccc(-c3ccccc3)c2)c1. The van der Waals surface area contributed by atoms with Crippen molar-refractivity contribution in [1.82, 2.24) is 0 Å². The van der Waals surface area contributed by atoms with Crippen LogP contribution in [0.25, 0.3) is 39.0 Å². The lowest BCUT2D eigenvalue weighted by molar-refractivity contribution is 1.54. The van der Waals surface area contributed by atoms with Crippen LogP contribution in [-0.4, -0.2) is 0 Å². The third-order valence-corrected chi connectivity index (χ3v) is 4.87. The van der Waals surface area contributed by atoms with E-state index in [0.717, 1.165) is 5.57 Å². The third kappa shape index (κ3) is 3.61. The van der Waals surface area contributed by atoms with Crippen LogP contribution in [0.15, 0.2) is 110 Å². The fourth-order valence-corrected chi connectivity index (χ4v) is 3.44. The first-order chi connectivity index (χ1) is 13.2. The molecule has 0 amide bonds. The molecule has 0 heterocycles. The highest BCUT2D eigenvalue weighted by Crippen LogP contribution is 2.34. The molecule has 0 N–H and O–H groups in total. The maximum absolute atomic E-state index is 4.09. The summed E-state index contributed by atoms with van der Waals surface area (Å²) in [5, 5.41) is 0. The molecule has 0 bridgehead atoms. The molecule has 4 aromatic carbocycles. The number of rotatable bonds is 4. The van der Waals surface area contributed by atoms with Crippen molar-refractivity contribution in [2.45, 2.75) is 6.92 Å². The molecule has 0 nitrogen and oxygen atoms in total. The number of allylic oxidation sites excluding steroid dienone is 1. The lowest BCUT2D eigenvalue weighted by Gasteiger charge is -2.13. The van der Waals surface area contributed by atoms with Crippen molar-refractivity contribution in [3.63, 3.8) is 0 Å². The van der Waals surface area contributed by atoms with E-state index in [1.165, 1.54) is 38.9 Å². The van der Waals surface area contributed by atoms with Gasteiger partial charge in [0.25, 0.3) is 0 Å². The Morgan fingerprint density at radius 2 is 1.04 bits per heavy atom. The molecule has 0 fully saturated rings. The van der Waals surface area contributed by atoms with Crippen molar-refractivity contribution in [2.24, 2.45) is 0 Å². The van der Waals surface area contributed by atoms with Gasteiger partial charge in [0.2, 0.25) is 0 Å². The summed E-state index contributed by atoms with van der Waals surface area (Å²) in [4.78, 5) is 0. The molecule has 130 valence electrons. The quantitative estimate of drug-likeness (QED) is 0.355. The van der Waals surface area contributed by atoms with Gasteiger partial charge >= 0.3 is 0 Å². The van der Waals surface area contributed by atoms with E-state index >= 15 is 0 Å². The van der Waals surface area contributed by atoms with E-state index in [-0.39, 0.29) is 0 Å². The van der Waals surface area contributed by atoms with E-state index in [4.69, 9.17) is 0 Å². The summed E-state index contributed by atoms with van der Waals surface area (Å²) < 4.78 is 0. The van der Waals surface area contributed by atoms with Crippen LogP contribution in [0.2, 0.25) is 0 Å². The number of benzene rings is 4. The lowest BCUT2D eigenvalue weighted by Crippen LogP contribution is -1.87. The van der Waals surface area contributed by atoms with Crippen molar-refractivity contribution < 1.29 is 0 Å². The van der Waals surface area contributed by atoms with Crippen LogP contribution in [0.1, 0.15) is 12.5 Å². The molecule has 0 aromatic heterocycles. The second kappa shape index (κ2) is 7.47. The maximum atomic E-state index is 4.09. The second-order valence-corrected chi connectivity index (χ2v) is 6.85. The molecule has 0 saturated carbocycles. The van der Waals surface area contributed by atoms with E-state index in [1.54, 1.807) is 0 Å². The molecule has 0 aliphatic rings. The average molecular weight is 346 g/mol. The molecule has 0 atom stereocenters. The highest BCUT2D eigenvalue weighted by atomic mass is 14.1. The minimum atomic E-state index is 1.08. The Labute approximate surface area is 161 Å². The molecule has 4 aromatic rings. The van der Waals surface area contributed by atoms with Crippen LogP contribution in [0.5, 0.6) is 0 Å². The van der Waals surface area contributed by atoms with Gasteiger partial charge in [-0.3, -0.25) is 0 Å². The van der Waals surface area contributed by atoms with Gasteiger partial charge in [0.05, 0.1) is 0 Å². The summed E-state index contributed by atoms with van der Waals surface area (Å²) in [6, 6.07) is 36.5. The standard InChI is InChI=1S/C27H22/c1-20(2)22-12-8-14-24(18-22)26-16-6-7-17-27(26)25-15-9-13-23(19-25)21-10-4-3-5-11-21/h3-19H,1H2,2H3. The van der Waals surface area contributed by atoms with E-state index in [0.29, 0.717) is 0 Å². The second-order valence-electron chi connectivity index (χ2n) is 6.85. The molecule has 27 heavy (non-hydrogen) atoms. The highest BCUT2D eigenvalue weighted by Gasteiger charge is 2.09. The van der Waals surface area contributed by atoms with Crippen molar-refractivity contribution >= 4 is 5.57 Å². The van der Waals surface area contributed by atoms with Gasteiger partial charge < -0.3 is 0 Å². The first kappa shape index (κ1) is 17.1. The van der Waals surface area contributed by atoms with Crippen LogP contribution in [0.3, 0.4) is 0 Å². The Morgan fingerprint density at radius 1 is 0.519 bits per heavy atom. The molecular weight excluding hydrogens is 324 g/mol. The lowest BCUT2D eigenvalue weighted by atomic mass is 9.91. The highest BCUT2D eigenvalue weighted by molar-refractivity contribution is 5.86. The van der Waals surface area contributed by atoms with Gasteiger partial charge in [0, 0.05) is 0 Å². The summed E-state index contributed by atoms with van der Waals surface area (Å²) in [5.41, 5.74) is 9.67. The topological polar surface area (TPSA) is 0 Å². The molecule has 0 radical (unpaired) electrons. The molecule has 0 aliphatic heterocycles. The smallest absolute Gasteiger partial charge is 0.0105 e. The Balaban J connectivity index is 1.83. The summed E-state index contributed by atoms with van der Waals surface area (Å²) in [6.07, 6.45) is 0. The van der Waals surface area contributed by atoms with Crippen LogP contribution in [0.4, 0.5) is 0 Å². The van der Waals surface area contributed by atoms with Gasteiger partial charge in [0.1, 0.15) is 0 Å². The zero-order valence-electron chi connectivity index (χ0n) is 15.5. The predicted molar refractivity (Wildman–Crippen MR) is 117 cm³/mol. The summed E-state index contributed by atoms with van der Waals surface area (Å²) in [7, 11) is 0. The van der Waals surface area contributed by atoms with Gasteiger partial charge in [-0.05, 0) is 58.0 Å². The van der Waals surface area contributed by atoms with Gasteiger partial charge in [-0.2, -0.15) is 0 Å². The third-order valence-electron chi connectivity index (χ3n) is 4.87. The molecule has 0 heteroatoms. The van der Waals surface area contributed by atoms with Crippen molar-refractivity contribution in [2.75, 3.05) is 0 Å². The van der Waals surface area contributed by atoms with Gasteiger partial charge in [-0.15, -0.1) is 0 Å². The minimum absolute atomic E-state index is 1.08. The molecule has 0 saturated heterocycles. The van der Waals surface area contributed by atoms with E-state index in [1.807, 2.05) is 6.92 Å². The van der Waals surface area contributed by atoms with Crippen LogP contribution >= 0.6 is 0 Å². The molecule has 0 spiro atoms. The largest absolute Gasteiger partial charge is 0.0955 e. The van der Waals surface area contributed by atoms with Gasteiger partial charge in [0.15, 0.2) is 0 Å². The summed E-state index contributed by atoms with van der Waals surface area (Å²) >= 11 is 0. The fraction of sp³-hybridized carbons (Fsp3) is 0.0370. The van der Waals surface area contributed by atoms with Crippen molar-refractivity contribution in [3.8, 4) is 33.4 Å². The normalized spacial score (nSPS) is 10.6. The Hall–Kier alpha value is -3.38. The van der Waals surface area contributed by atoms with Crippen LogP contribution in [0, 0.1) is 0 Å². The fourth-order valence-electron chi connectivity index (χ4n) is 3.44. The number of hydrogen-bond acceptors (Lipinski definition) is 0. The van der Waals surface area contributed by atoms with Gasteiger partial charge in [-0.1, -0.05) is 103 Å². The van der Waals surface area contributed by atoms with E-state index in [9.17, 15) is 0 Å². The van der Waals surface area contributed by atoms with E-state index < -0.39 is 0 Å². The average Bonchev–Trinajstić information content (AvgIpc) is 2.74. The minimum Gasteiger partial charge on any atom is -0.0955 e. The molecule has 0 aliphatic carbocycles. The van der Waals surface area contributed by atoms with E-state index in [2.05, 4.69) is 110 Å². The Morgan fingerprint density at radius 3 is 1.70 bits per heavy atom. The summed E-state index contributed by atoms with van der Waals surface area (Å²) in [6.45, 7) is 6.14. The molecule has 0 unspecified atom stereocenters. The van der Waals surface area contributed by atoms with Crippen LogP contribution in [-0.2, 0) is 0 Å². The Kier molecular flexibility index (Phi) is 4.72. The van der Waals surface area contributed by atoms with Crippen LogP contribution < -0.4 is 0 Å². The van der Waals surface area contributed by atoms with Gasteiger partial charge in [-0.25, -0.2) is 0 Å². The summed E-state index contributed by atoms with van der Waals surface area (Å²) in [5.74, 6) is 0. The molecular formula is C27H22. The zero-order chi connectivity index (χ0) is 18.6. The van der Waals surface area contributed by atoms with Crippen molar-refractivity contribution in [1.29, 1.82) is 0 Å². The maximum Gasteiger partial charge on any atom is -0.0105 e.